The zero-order chi connectivity index (χ0) is 14.2. The van der Waals surface area contributed by atoms with Gasteiger partial charge in [-0.15, -0.1) is 0 Å². The Morgan fingerprint density at radius 1 is 1.15 bits per heavy atom. The van der Waals surface area contributed by atoms with Gasteiger partial charge in [0.15, 0.2) is 11.5 Å². The third kappa shape index (κ3) is 4.14. The van der Waals surface area contributed by atoms with Crippen molar-refractivity contribution in [2.75, 3.05) is 13.7 Å². The molecule has 1 saturated carbocycles. The number of rotatable bonds is 6. The minimum atomic E-state index is 0.677. The van der Waals surface area contributed by atoms with Gasteiger partial charge in [0.2, 0.25) is 0 Å². The number of ether oxygens (including phenoxy) is 2. The van der Waals surface area contributed by atoms with Gasteiger partial charge in [0.25, 0.3) is 0 Å². The van der Waals surface area contributed by atoms with E-state index in [0.29, 0.717) is 6.61 Å². The molecular formula is C17H28NO2+. The van der Waals surface area contributed by atoms with E-state index in [1.807, 2.05) is 13.0 Å². The molecule has 1 aromatic carbocycles. The molecule has 0 heterocycles. The lowest BCUT2D eigenvalue weighted by Gasteiger charge is -2.16. The van der Waals surface area contributed by atoms with Crippen LogP contribution in [0.2, 0.25) is 0 Å². The van der Waals surface area contributed by atoms with Crippen molar-refractivity contribution in [1.29, 1.82) is 0 Å². The first-order valence-corrected chi connectivity index (χ1v) is 7.97. The van der Waals surface area contributed by atoms with E-state index >= 15 is 0 Å². The first kappa shape index (κ1) is 15.2. The quantitative estimate of drug-likeness (QED) is 0.812. The van der Waals surface area contributed by atoms with Crippen molar-refractivity contribution in [2.24, 2.45) is 0 Å². The first-order valence-electron chi connectivity index (χ1n) is 7.97. The van der Waals surface area contributed by atoms with E-state index in [2.05, 4.69) is 17.4 Å². The van der Waals surface area contributed by atoms with Gasteiger partial charge in [0, 0.05) is 0 Å². The number of benzene rings is 1. The van der Waals surface area contributed by atoms with E-state index in [-0.39, 0.29) is 0 Å². The van der Waals surface area contributed by atoms with Crippen LogP contribution in [-0.4, -0.2) is 19.8 Å². The lowest BCUT2D eigenvalue weighted by molar-refractivity contribution is -0.705. The maximum absolute atomic E-state index is 5.78. The van der Waals surface area contributed by atoms with Crippen molar-refractivity contribution in [3.05, 3.63) is 23.8 Å². The summed E-state index contributed by atoms with van der Waals surface area (Å²) in [4.78, 5) is 0. The molecule has 0 saturated heterocycles. The number of quaternary nitrogens is 1. The van der Waals surface area contributed by atoms with Crippen LogP contribution in [0.5, 0.6) is 11.5 Å². The number of para-hydroxylation sites is 1. The Balaban J connectivity index is 2.00. The first-order chi connectivity index (χ1) is 9.85. The molecule has 1 fully saturated rings. The highest BCUT2D eigenvalue weighted by Gasteiger charge is 2.17. The highest BCUT2D eigenvalue weighted by atomic mass is 16.5. The molecule has 2 rings (SSSR count). The van der Waals surface area contributed by atoms with Gasteiger partial charge < -0.3 is 14.8 Å². The largest absolute Gasteiger partial charge is 0.493 e. The normalized spacial score (nSPS) is 16.7. The minimum absolute atomic E-state index is 0.677. The van der Waals surface area contributed by atoms with Crippen LogP contribution >= 0.6 is 0 Å². The molecule has 3 nitrogen and oxygen atoms in total. The Kier molecular flexibility index (Phi) is 6.19. The molecule has 0 radical (unpaired) electrons. The van der Waals surface area contributed by atoms with E-state index in [9.17, 15) is 0 Å². The summed E-state index contributed by atoms with van der Waals surface area (Å²) in [6.45, 7) is 3.68. The van der Waals surface area contributed by atoms with Gasteiger partial charge in [-0.25, -0.2) is 0 Å². The monoisotopic (exact) mass is 278 g/mol. The molecule has 112 valence electrons. The van der Waals surface area contributed by atoms with E-state index in [1.165, 1.54) is 44.1 Å². The Hall–Kier alpha value is -1.22. The molecule has 1 aliphatic rings. The van der Waals surface area contributed by atoms with Gasteiger partial charge in [-0.2, -0.15) is 0 Å². The van der Waals surface area contributed by atoms with Crippen LogP contribution in [0.4, 0.5) is 0 Å². The predicted molar refractivity (Wildman–Crippen MR) is 81.3 cm³/mol. The molecule has 2 N–H and O–H groups in total. The highest BCUT2D eigenvalue weighted by Crippen LogP contribution is 2.30. The fourth-order valence-corrected chi connectivity index (χ4v) is 3.03. The maximum Gasteiger partial charge on any atom is 0.169 e. The maximum atomic E-state index is 5.78. The zero-order valence-corrected chi connectivity index (χ0v) is 12.9. The summed E-state index contributed by atoms with van der Waals surface area (Å²) in [6.07, 6.45) is 8.30. The summed E-state index contributed by atoms with van der Waals surface area (Å²) < 4.78 is 11.2. The molecular weight excluding hydrogens is 250 g/mol. The van der Waals surface area contributed by atoms with Crippen LogP contribution in [-0.2, 0) is 6.54 Å². The predicted octanol–water partition coefficient (Wildman–Crippen LogP) is 2.88. The molecule has 1 aromatic rings. The standard InChI is InChI=1S/C17H27NO2/c1-3-20-17-14(9-8-12-16(17)19-2)13-18-15-10-6-4-5-7-11-15/h8-9,12,15,18H,3-7,10-11,13H2,1-2H3/p+1. The second-order valence-electron chi connectivity index (χ2n) is 5.57. The van der Waals surface area contributed by atoms with Crippen molar-refractivity contribution in [3.63, 3.8) is 0 Å². The van der Waals surface area contributed by atoms with Crippen LogP contribution in [0.15, 0.2) is 18.2 Å². The Bertz CT molecular complexity index is 398. The average Bonchev–Trinajstić information content (AvgIpc) is 2.75. The molecule has 1 aliphatic carbocycles. The number of hydrogen-bond acceptors (Lipinski definition) is 2. The van der Waals surface area contributed by atoms with Crippen LogP contribution in [0.3, 0.4) is 0 Å². The van der Waals surface area contributed by atoms with Crippen LogP contribution < -0.4 is 14.8 Å². The van der Waals surface area contributed by atoms with Gasteiger partial charge in [-0.3, -0.25) is 0 Å². The third-order valence-electron chi connectivity index (χ3n) is 4.14. The topological polar surface area (TPSA) is 35.1 Å². The second kappa shape index (κ2) is 8.15. The number of hydrogen-bond donors (Lipinski definition) is 1. The summed E-state index contributed by atoms with van der Waals surface area (Å²) in [5.41, 5.74) is 1.25. The smallest absolute Gasteiger partial charge is 0.169 e. The fraction of sp³-hybridized carbons (Fsp3) is 0.647. The molecule has 0 aromatic heterocycles. The summed E-state index contributed by atoms with van der Waals surface area (Å²) in [7, 11) is 1.71. The highest BCUT2D eigenvalue weighted by molar-refractivity contribution is 5.46. The Morgan fingerprint density at radius 3 is 2.55 bits per heavy atom. The summed E-state index contributed by atoms with van der Waals surface area (Å²) in [6, 6.07) is 6.96. The number of nitrogens with two attached hydrogens (primary N) is 1. The summed E-state index contributed by atoms with van der Waals surface area (Å²) in [5.74, 6) is 1.76. The zero-order valence-electron chi connectivity index (χ0n) is 12.9. The van der Waals surface area contributed by atoms with Gasteiger partial charge >= 0.3 is 0 Å². The van der Waals surface area contributed by atoms with Crippen molar-refractivity contribution in [3.8, 4) is 11.5 Å². The Labute approximate surface area is 122 Å². The van der Waals surface area contributed by atoms with E-state index in [0.717, 1.165) is 24.1 Å². The van der Waals surface area contributed by atoms with Crippen LogP contribution in [0.25, 0.3) is 0 Å². The van der Waals surface area contributed by atoms with Gasteiger partial charge in [-0.1, -0.05) is 18.9 Å². The van der Waals surface area contributed by atoms with Crippen molar-refractivity contribution < 1.29 is 14.8 Å². The third-order valence-corrected chi connectivity index (χ3v) is 4.14. The minimum Gasteiger partial charge on any atom is -0.493 e. The van der Waals surface area contributed by atoms with E-state index in [4.69, 9.17) is 9.47 Å². The van der Waals surface area contributed by atoms with E-state index < -0.39 is 0 Å². The van der Waals surface area contributed by atoms with Crippen molar-refractivity contribution in [2.45, 2.75) is 58.0 Å². The molecule has 0 amide bonds. The SMILES string of the molecule is CCOc1c(C[NH2+]C2CCCCCC2)cccc1OC. The lowest BCUT2D eigenvalue weighted by Crippen LogP contribution is -2.88. The van der Waals surface area contributed by atoms with Gasteiger partial charge in [0.05, 0.1) is 25.3 Å². The fourth-order valence-electron chi connectivity index (χ4n) is 3.03. The number of methoxy groups -OCH3 is 1. The molecule has 20 heavy (non-hydrogen) atoms. The van der Waals surface area contributed by atoms with Crippen LogP contribution in [0.1, 0.15) is 51.0 Å². The summed E-state index contributed by atoms with van der Waals surface area (Å²) in [5, 5.41) is 2.49. The molecule has 3 heteroatoms. The van der Waals surface area contributed by atoms with Gasteiger partial charge in [-0.05, 0) is 44.7 Å². The lowest BCUT2D eigenvalue weighted by atomic mass is 10.1. The Morgan fingerprint density at radius 2 is 1.90 bits per heavy atom. The second-order valence-corrected chi connectivity index (χ2v) is 5.57. The van der Waals surface area contributed by atoms with E-state index in [1.54, 1.807) is 7.11 Å². The molecule has 0 spiro atoms. The van der Waals surface area contributed by atoms with Gasteiger partial charge in [0.1, 0.15) is 6.54 Å². The average molecular weight is 278 g/mol. The summed E-state index contributed by atoms with van der Waals surface area (Å²) >= 11 is 0. The molecule has 0 atom stereocenters. The van der Waals surface area contributed by atoms with Crippen LogP contribution in [0, 0.1) is 0 Å². The molecule has 0 unspecified atom stereocenters. The van der Waals surface area contributed by atoms with Crippen molar-refractivity contribution >= 4 is 0 Å². The molecule has 0 bridgehead atoms. The van der Waals surface area contributed by atoms with Crippen molar-refractivity contribution in [1.82, 2.24) is 0 Å². The molecule has 0 aliphatic heterocycles.